The molecule has 0 heterocycles. The maximum atomic E-state index is 11.2. The van der Waals surface area contributed by atoms with Crippen molar-refractivity contribution in [3.63, 3.8) is 0 Å². The summed E-state index contributed by atoms with van der Waals surface area (Å²) in [6.07, 6.45) is 13.5. The Morgan fingerprint density at radius 3 is 2.68 bits per heavy atom. The second-order valence-electron chi connectivity index (χ2n) is 8.63. The van der Waals surface area contributed by atoms with E-state index >= 15 is 0 Å². The third-order valence-corrected chi connectivity index (χ3v) is 6.28. The van der Waals surface area contributed by atoms with Gasteiger partial charge in [0.15, 0.2) is 0 Å². The average Bonchev–Trinajstić information content (AvgIpc) is 3.16. The first-order valence-corrected chi connectivity index (χ1v) is 10.9. The summed E-state index contributed by atoms with van der Waals surface area (Å²) in [4.78, 5) is 11.2. The van der Waals surface area contributed by atoms with Crippen molar-refractivity contribution in [2.24, 2.45) is 17.8 Å². The van der Waals surface area contributed by atoms with Crippen LogP contribution in [-0.4, -0.2) is 46.7 Å². The molecule has 2 rings (SSSR count). The van der Waals surface area contributed by atoms with Crippen molar-refractivity contribution in [3.8, 4) is 0 Å². The number of allylic oxidation sites excluding steroid dienone is 2. The maximum absolute atomic E-state index is 11.2. The molecule has 0 aromatic heterocycles. The SMILES string of the molecule is COC(=O)CCCC=C1C[C@H]2C[C@H](O)[C@@H](C=CC(O)CCCCC(C)O)[C@@H]2C1. The fourth-order valence-electron chi connectivity index (χ4n) is 4.74. The molecule has 160 valence electrons. The van der Waals surface area contributed by atoms with E-state index in [1.54, 1.807) is 6.92 Å². The van der Waals surface area contributed by atoms with E-state index in [1.165, 1.54) is 12.7 Å². The van der Waals surface area contributed by atoms with E-state index in [4.69, 9.17) is 0 Å². The number of aliphatic hydroxyl groups is 3. The first-order chi connectivity index (χ1) is 13.4. The van der Waals surface area contributed by atoms with Crippen LogP contribution in [0.5, 0.6) is 0 Å². The van der Waals surface area contributed by atoms with Crippen LogP contribution in [-0.2, 0) is 9.53 Å². The van der Waals surface area contributed by atoms with Crippen molar-refractivity contribution in [1.29, 1.82) is 0 Å². The molecule has 0 aromatic carbocycles. The van der Waals surface area contributed by atoms with Crippen LogP contribution in [0.3, 0.4) is 0 Å². The summed E-state index contributed by atoms with van der Waals surface area (Å²) in [7, 11) is 1.42. The second-order valence-corrected chi connectivity index (χ2v) is 8.63. The highest BCUT2D eigenvalue weighted by molar-refractivity contribution is 5.69. The Bertz CT molecular complexity index is 539. The molecular formula is C23H38O5. The molecule has 0 spiro atoms. The molecule has 2 fully saturated rings. The van der Waals surface area contributed by atoms with E-state index in [1.807, 2.05) is 12.2 Å². The van der Waals surface area contributed by atoms with E-state index in [-0.39, 0.29) is 24.1 Å². The Balaban J connectivity index is 1.77. The molecule has 0 amide bonds. The van der Waals surface area contributed by atoms with Crippen molar-refractivity contribution in [3.05, 3.63) is 23.8 Å². The van der Waals surface area contributed by atoms with Gasteiger partial charge in [0.25, 0.3) is 0 Å². The smallest absolute Gasteiger partial charge is 0.305 e. The van der Waals surface area contributed by atoms with Crippen LogP contribution < -0.4 is 0 Å². The predicted octanol–water partition coefficient (Wildman–Crippen LogP) is 3.52. The number of ether oxygens (including phenoxy) is 1. The highest BCUT2D eigenvalue weighted by atomic mass is 16.5. The van der Waals surface area contributed by atoms with Gasteiger partial charge in [-0.1, -0.05) is 36.6 Å². The monoisotopic (exact) mass is 394 g/mol. The van der Waals surface area contributed by atoms with Gasteiger partial charge in [-0.2, -0.15) is 0 Å². The molecule has 5 heteroatoms. The molecule has 2 aliphatic rings. The minimum absolute atomic E-state index is 0.123. The highest BCUT2D eigenvalue weighted by Gasteiger charge is 2.44. The summed E-state index contributed by atoms with van der Waals surface area (Å²) in [6.45, 7) is 1.79. The van der Waals surface area contributed by atoms with Crippen LogP contribution in [0.2, 0.25) is 0 Å². The molecule has 5 nitrogen and oxygen atoms in total. The molecule has 2 aliphatic carbocycles. The lowest BCUT2D eigenvalue weighted by molar-refractivity contribution is -0.140. The first kappa shape index (κ1) is 23.1. The number of carbonyl (C=O) groups is 1. The number of unbranched alkanes of at least 4 members (excludes halogenated alkanes) is 2. The van der Waals surface area contributed by atoms with Gasteiger partial charge < -0.3 is 20.1 Å². The summed E-state index contributed by atoms with van der Waals surface area (Å²) in [5, 5.41) is 29.9. The summed E-state index contributed by atoms with van der Waals surface area (Å²) in [5.41, 5.74) is 1.45. The Labute approximate surface area is 169 Å². The standard InChI is InChI=1S/C23H38O5/c1-16(24)7-3-5-9-19(25)11-12-20-21-14-17(13-18(21)15-22(20)26)8-4-6-10-23(27)28-2/h8,11-12,16,18-22,24-26H,3-7,9-10,13-15H2,1-2H3/t16?,18-,19?,20-,21+,22-/m0/s1. The number of esters is 1. The molecule has 0 saturated heterocycles. The number of carbonyl (C=O) groups excluding carboxylic acids is 1. The molecule has 2 unspecified atom stereocenters. The van der Waals surface area contributed by atoms with E-state index in [9.17, 15) is 20.1 Å². The topological polar surface area (TPSA) is 87.0 Å². The first-order valence-electron chi connectivity index (χ1n) is 10.9. The number of aliphatic hydroxyl groups excluding tert-OH is 3. The Morgan fingerprint density at radius 2 is 1.96 bits per heavy atom. The van der Waals surface area contributed by atoms with Gasteiger partial charge in [0.2, 0.25) is 0 Å². The minimum Gasteiger partial charge on any atom is -0.469 e. The molecule has 0 radical (unpaired) electrons. The molecule has 28 heavy (non-hydrogen) atoms. The Kier molecular flexibility index (Phi) is 9.69. The summed E-state index contributed by atoms with van der Waals surface area (Å²) in [5.74, 6) is 0.956. The third kappa shape index (κ3) is 7.34. The van der Waals surface area contributed by atoms with Gasteiger partial charge in [0.1, 0.15) is 0 Å². The van der Waals surface area contributed by atoms with Crippen molar-refractivity contribution in [1.82, 2.24) is 0 Å². The van der Waals surface area contributed by atoms with E-state index < -0.39 is 6.10 Å². The van der Waals surface area contributed by atoms with Crippen LogP contribution in [0.15, 0.2) is 23.8 Å². The molecule has 3 N–H and O–H groups in total. The minimum atomic E-state index is -0.477. The normalized spacial score (nSPS) is 30.7. The molecule has 0 aromatic rings. The van der Waals surface area contributed by atoms with Crippen molar-refractivity contribution in [2.75, 3.05) is 7.11 Å². The second kappa shape index (κ2) is 11.7. The zero-order valence-electron chi connectivity index (χ0n) is 17.4. The summed E-state index contributed by atoms with van der Waals surface area (Å²) in [6, 6.07) is 0. The maximum Gasteiger partial charge on any atom is 0.305 e. The number of methoxy groups -OCH3 is 1. The fraction of sp³-hybridized carbons (Fsp3) is 0.783. The van der Waals surface area contributed by atoms with Crippen LogP contribution in [0.25, 0.3) is 0 Å². The van der Waals surface area contributed by atoms with Gasteiger partial charge in [0.05, 0.1) is 25.4 Å². The van der Waals surface area contributed by atoms with E-state index in [0.29, 0.717) is 24.7 Å². The number of fused-ring (bicyclic) bond motifs is 1. The predicted molar refractivity (Wildman–Crippen MR) is 110 cm³/mol. The number of hydrogen-bond donors (Lipinski definition) is 3. The summed E-state index contributed by atoms with van der Waals surface area (Å²) < 4.78 is 4.67. The molecular weight excluding hydrogens is 356 g/mol. The number of hydrogen-bond acceptors (Lipinski definition) is 5. The van der Waals surface area contributed by atoms with E-state index in [0.717, 1.165) is 51.4 Å². The quantitative estimate of drug-likeness (QED) is 0.284. The van der Waals surface area contributed by atoms with Crippen molar-refractivity contribution < 1.29 is 24.9 Å². The average molecular weight is 395 g/mol. The lowest BCUT2D eigenvalue weighted by Crippen LogP contribution is -2.17. The molecule has 0 bridgehead atoms. The van der Waals surface area contributed by atoms with Gasteiger partial charge in [-0.25, -0.2) is 0 Å². The van der Waals surface area contributed by atoms with Gasteiger partial charge >= 0.3 is 5.97 Å². The van der Waals surface area contributed by atoms with Gasteiger partial charge in [0, 0.05) is 12.3 Å². The Hall–Kier alpha value is -1.17. The third-order valence-electron chi connectivity index (χ3n) is 6.28. The van der Waals surface area contributed by atoms with Crippen molar-refractivity contribution >= 4 is 5.97 Å². The van der Waals surface area contributed by atoms with Gasteiger partial charge in [-0.15, -0.1) is 0 Å². The Morgan fingerprint density at radius 1 is 1.21 bits per heavy atom. The fourth-order valence-corrected chi connectivity index (χ4v) is 4.74. The largest absolute Gasteiger partial charge is 0.469 e. The number of rotatable bonds is 11. The van der Waals surface area contributed by atoms with Crippen LogP contribution in [0, 0.1) is 17.8 Å². The van der Waals surface area contributed by atoms with Gasteiger partial charge in [-0.05, 0) is 63.7 Å². The van der Waals surface area contributed by atoms with E-state index in [2.05, 4.69) is 10.8 Å². The van der Waals surface area contributed by atoms with Crippen LogP contribution in [0.4, 0.5) is 0 Å². The van der Waals surface area contributed by atoms with Crippen LogP contribution in [0.1, 0.15) is 71.1 Å². The zero-order chi connectivity index (χ0) is 20.5. The molecule has 6 atom stereocenters. The summed E-state index contributed by atoms with van der Waals surface area (Å²) >= 11 is 0. The lowest BCUT2D eigenvalue weighted by atomic mass is 9.90. The zero-order valence-corrected chi connectivity index (χ0v) is 17.4. The molecule has 2 saturated carbocycles. The highest BCUT2D eigenvalue weighted by Crippen LogP contribution is 2.50. The van der Waals surface area contributed by atoms with Gasteiger partial charge in [-0.3, -0.25) is 4.79 Å². The lowest BCUT2D eigenvalue weighted by Gasteiger charge is -2.18. The van der Waals surface area contributed by atoms with Crippen molar-refractivity contribution in [2.45, 2.75) is 89.4 Å². The van der Waals surface area contributed by atoms with Crippen LogP contribution >= 0.6 is 0 Å². The molecule has 0 aliphatic heterocycles.